The lowest BCUT2D eigenvalue weighted by Gasteiger charge is -2.09. The van der Waals surface area contributed by atoms with Crippen molar-refractivity contribution in [2.75, 3.05) is 7.11 Å². The molecule has 0 aliphatic rings. The lowest BCUT2D eigenvalue weighted by Crippen LogP contribution is -2.04. The molecule has 0 saturated carbocycles. The van der Waals surface area contributed by atoms with Gasteiger partial charge in [-0.2, -0.15) is 0 Å². The Morgan fingerprint density at radius 3 is 2.64 bits per heavy atom. The van der Waals surface area contributed by atoms with Crippen LogP contribution in [0, 0.1) is 5.92 Å². The summed E-state index contributed by atoms with van der Waals surface area (Å²) in [5.41, 5.74) is 7.58. The molecule has 0 unspecified atom stereocenters. The summed E-state index contributed by atoms with van der Waals surface area (Å²) in [5.74, 6) is 1.27. The van der Waals surface area contributed by atoms with Crippen LogP contribution in [0.4, 0.5) is 0 Å². The molecule has 3 nitrogen and oxygen atoms in total. The third-order valence-corrected chi connectivity index (χ3v) is 2.03. The van der Waals surface area contributed by atoms with Gasteiger partial charge in [0.1, 0.15) is 0 Å². The number of nitrogens with two attached hydrogens (primary N) is 1. The molecule has 1 heterocycles. The van der Waals surface area contributed by atoms with Gasteiger partial charge in [0.2, 0.25) is 5.88 Å². The van der Waals surface area contributed by atoms with E-state index in [1.54, 1.807) is 7.11 Å². The SMILES string of the molecule is COc1nc(CC(C)C)ccc1CN. The summed E-state index contributed by atoms with van der Waals surface area (Å²) in [6.45, 7) is 4.81. The predicted octanol–water partition coefficient (Wildman–Crippen LogP) is 1.75. The van der Waals surface area contributed by atoms with Gasteiger partial charge in [-0.25, -0.2) is 4.98 Å². The van der Waals surface area contributed by atoms with Crippen LogP contribution in [0.5, 0.6) is 5.88 Å². The lowest BCUT2D eigenvalue weighted by molar-refractivity contribution is 0.390. The second kappa shape index (κ2) is 4.96. The Hall–Kier alpha value is -1.09. The van der Waals surface area contributed by atoms with E-state index in [9.17, 15) is 0 Å². The molecule has 0 aliphatic heterocycles. The van der Waals surface area contributed by atoms with Gasteiger partial charge in [-0.3, -0.25) is 0 Å². The quantitative estimate of drug-likeness (QED) is 0.794. The molecule has 3 heteroatoms. The van der Waals surface area contributed by atoms with Crippen molar-refractivity contribution in [1.29, 1.82) is 0 Å². The fourth-order valence-corrected chi connectivity index (χ4v) is 1.37. The molecular formula is C11H18N2O. The summed E-state index contributed by atoms with van der Waals surface area (Å²) in [4.78, 5) is 4.40. The maximum Gasteiger partial charge on any atom is 0.217 e. The topological polar surface area (TPSA) is 48.1 Å². The smallest absolute Gasteiger partial charge is 0.217 e. The summed E-state index contributed by atoms with van der Waals surface area (Å²) in [6, 6.07) is 4.01. The van der Waals surface area contributed by atoms with E-state index in [1.807, 2.05) is 12.1 Å². The first kappa shape index (κ1) is 11.0. The van der Waals surface area contributed by atoms with Gasteiger partial charge in [-0.15, -0.1) is 0 Å². The highest BCUT2D eigenvalue weighted by Gasteiger charge is 2.05. The van der Waals surface area contributed by atoms with Crippen LogP contribution >= 0.6 is 0 Å². The molecule has 2 N–H and O–H groups in total. The Balaban J connectivity index is 2.89. The first-order chi connectivity index (χ1) is 6.67. The molecule has 0 amide bonds. The molecule has 0 atom stereocenters. The van der Waals surface area contributed by atoms with E-state index in [0.29, 0.717) is 18.3 Å². The third kappa shape index (κ3) is 2.70. The second-order valence-corrected chi connectivity index (χ2v) is 3.77. The van der Waals surface area contributed by atoms with Gasteiger partial charge in [-0.05, 0) is 18.4 Å². The zero-order valence-electron chi connectivity index (χ0n) is 9.08. The molecule has 0 saturated heterocycles. The van der Waals surface area contributed by atoms with Crippen molar-refractivity contribution in [3.63, 3.8) is 0 Å². The molecule has 0 fully saturated rings. The van der Waals surface area contributed by atoms with Crippen LogP contribution in [0.3, 0.4) is 0 Å². The van der Waals surface area contributed by atoms with E-state index in [1.165, 1.54) is 0 Å². The van der Waals surface area contributed by atoms with Crippen molar-refractivity contribution in [2.24, 2.45) is 11.7 Å². The van der Waals surface area contributed by atoms with Crippen molar-refractivity contribution < 1.29 is 4.74 Å². The Labute approximate surface area is 85.3 Å². The maximum atomic E-state index is 5.56. The molecule has 14 heavy (non-hydrogen) atoms. The standard InChI is InChI=1S/C11H18N2O/c1-8(2)6-10-5-4-9(7-12)11(13-10)14-3/h4-5,8H,6-7,12H2,1-3H3. The van der Waals surface area contributed by atoms with Gasteiger partial charge in [-0.1, -0.05) is 19.9 Å². The molecular weight excluding hydrogens is 176 g/mol. The molecule has 1 aromatic rings. The van der Waals surface area contributed by atoms with E-state index in [2.05, 4.69) is 18.8 Å². The normalized spacial score (nSPS) is 10.6. The van der Waals surface area contributed by atoms with E-state index in [4.69, 9.17) is 10.5 Å². The number of hydrogen-bond acceptors (Lipinski definition) is 3. The van der Waals surface area contributed by atoms with Crippen molar-refractivity contribution >= 4 is 0 Å². The zero-order valence-corrected chi connectivity index (χ0v) is 9.08. The molecule has 0 radical (unpaired) electrons. The predicted molar refractivity (Wildman–Crippen MR) is 57.2 cm³/mol. The van der Waals surface area contributed by atoms with Crippen molar-refractivity contribution in [1.82, 2.24) is 4.98 Å². The number of ether oxygens (including phenoxy) is 1. The molecule has 1 rings (SSSR count). The van der Waals surface area contributed by atoms with E-state index >= 15 is 0 Å². The average Bonchev–Trinajstić information content (AvgIpc) is 2.16. The van der Waals surface area contributed by atoms with Crippen molar-refractivity contribution in [3.05, 3.63) is 23.4 Å². The fourth-order valence-electron chi connectivity index (χ4n) is 1.37. The van der Waals surface area contributed by atoms with Gasteiger partial charge < -0.3 is 10.5 Å². The van der Waals surface area contributed by atoms with Crippen LogP contribution in [-0.2, 0) is 13.0 Å². The number of pyridine rings is 1. The van der Waals surface area contributed by atoms with E-state index < -0.39 is 0 Å². The fraction of sp³-hybridized carbons (Fsp3) is 0.545. The highest BCUT2D eigenvalue weighted by molar-refractivity contribution is 5.28. The highest BCUT2D eigenvalue weighted by Crippen LogP contribution is 2.16. The largest absolute Gasteiger partial charge is 0.481 e. The van der Waals surface area contributed by atoms with Crippen LogP contribution in [0.25, 0.3) is 0 Å². The first-order valence-corrected chi connectivity index (χ1v) is 4.90. The molecule has 1 aromatic heterocycles. The van der Waals surface area contributed by atoms with Crippen molar-refractivity contribution in [2.45, 2.75) is 26.8 Å². The second-order valence-electron chi connectivity index (χ2n) is 3.77. The molecule has 0 bridgehead atoms. The Morgan fingerprint density at radius 1 is 1.43 bits per heavy atom. The molecule has 78 valence electrons. The van der Waals surface area contributed by atoms with E-state index in [-0.39, 0.29) is 0 Å². The average molecular weight is 194 g/mol. The third-order valence-electron chi connectivity index (χ3n) is 2.03. The summed E-state index contributed by atoms with van der Waals surface area (Å²) >= 11 is 0. The van der Waals surface area contributed by atoms with Crippen LogP contribution in [-0.4, -0.2) is 12.1 Å². The lowest BCUT2D eigenvalue weighted by atomic mass is 10.1. The van der Waals surface area contributed by atoms with Crippen LogP contribution in [0.1, 0.15) is 25.1 Å². The Bertz CT molecular complexity index is 297. The van der Waals surface area contributed by atoms with Gasteiger partial charge in [0.25, 0.3) is 0 Å². The highest BCUT2D eigenvalue weighted by atomic mass is 16.5. The maximum absolute atomic E-state index is 5.56. The monoisotopic (exact) mass is 194 g/mol. The van der Waals surface area contributed by atoms with Crippen LogP contribution < -0.4 is 10.5 Å². The van der Waals surface area contributed by atoms with Gasteiger partial charge in [0.15, 0.2) is 0 Å². The molecule has 0 aromatic carbocycles. The van der Waals surface area contributed by atoms with Gasteiger partial charge in [0.05, 0.1) is 7.11 Å². The number of rotatable bonds is 4. The minimum absolute atomic E-state index is 0.470. The number of hydrogen-bond donors (Lipinski definition) is 1. The number of methoxy groups -OCH3 is 1. The summed E-state index contributed by atoms with van der Waals surface area (Å²) in [5, 5.41) is 0. The summed E-state index contributed by atoms with van der Waals surface area (Å²) < 4.78 is 5.17. The van der Waals surface area contributed by atoms with Gasteiger partial charge >= 0.3 is 0 Å². The summed E-state index contributed by atoms with van der Waals surface area (Å²) in [7, 11) is 1.63. The van der Waals surface area contributed by atoms with Crippen LogP contribution in [0.2, 0.25) is 0 Å². The zero-order chi connectivity index (χ0) is 10.6. The number of aromatic nitrogens is 1. The van der Waals surface area contributed by atoms with Crippen molar-refractivity contribution in [3.8, 4) is 5.88 Å². The Morgan fingerprint density at radius 2 is 2.14 bits per heavy atom. The summed E-state index contributed by atoms with van der Waals surface area (Å²) in [6.07, 6.45) is 0.973. The van der Waals surface area contributed by atoms with E-state index in [0.717, 1.165) is 17.7 Å². The first-order valence-electron chi connectivity index (χ1n) is 4.90. The Kier molecular flexibility index (Phi) is 3.89. The molecule has 0 spiro atoms. The minimum Gasteiger partial charge on any atom is -0.481 e. The van der Waals surface area contributed by atoms with Gasteiger partial charge in [0, 0.05) is 17.8 Å². The number of nitrogens with zero attached hydrogens (tertiary/aromatic N) is 1. The molecule has 0 aliphatic carbocycles. The minimum atomic E-state index is 0.470. The van der Waals surface area contributed by atoms with Crippen LogP contribution in [0.15, 0.2) is 12.1 Å².